The highest BCUT2D eigenvalue weighted by Crippen LogP contribution is 2.30. The van der Waals surface area contributed by atoms with Crippen LogP contribution in [0.1, 0.15) is 6.92 Å². The predicted molar refractivity (Wildman–Crippen MR) is 66.9 cm³/mol. The molecule has 1 N–H and O–H groups in total. The van der Waals surface area contributed by atoms with Gasteiger partial charge >= 0.3 is 0 Å². The number of thioether (sulfide) groups is 1. The molecule has 0 amide bonds. The van der Waals surface area contributed by atoms with Crippen LogP contribution in [0.25, 0.3) is 0 Å². The van der Waals surface area contributed by atoms with E-state index in [1.165, 1.54) is 6.07 Å². The monoisotopic (exact) mass is 271 g/mol. The van der Waals surface area contributed by atoms with Crippen molar-refractivity contribution >= 4 is 22.6 Å². The molecule has 0 aliphatic rings. The summed E-state index contributed by atoms with van der Waals surface area (Å²) in [7, 11) is 0. The molecule has 0 spiro atoms. The van der Waals surface area contributed by atoms with Crippen molar-refractivity contribution in [3.8, 4) is 11.9 Å². The van der Waals surface area contributed by atoms with Gasteiger partial charge in [-0.3, -0.25) is 5.32 Å². The molecule has 0 saturated heterocycles. The minimum Gasteiger partial charge on any atom is -0.488 e. The summed E-state index contributed by atoms with van der Waals surface area (Å²) in [5, 5.41) is 11.0. The third-order valence-corrected chi connectivity index (χ3v) is 2.48. The highest BCUT2D eigenvalue weighted by Gasteiger charge is 2.15. The van der Waals surface area contributed by atoms with E-state index < -0.39 is 17.4 Å². The number of nitriles is 1. The fraction of sp³-hybridized carbons (Fsp3) is 0.273. The first kappa shape index (κ1) is 14.3. The molecule has 0 bridgehead atoms. The van der Waals surface area contributed by atoms with Gasteiger partial charge in [0.05, 0.1) is 6.61 Å². The number of halogens is 2. The van der Waals surface area contributed by atoms with Crippen LogP contribution in [0.15, 0.2) is 17.1 Å². The number of aliphatic imine (C=N–C) groups is 1. The lowest BCUT2D eigenvalue weighted by Gasteiger charge is -2.08. The molecule has 0 aliphatic carbocycles. The van der Waals surface area contributed by atoms with Crippen molar-refractivity contribution in [1.82, 2.24) is 5.32 Å². The zero-order chi connectivity index (χ0) is 13.5. The van der Waals surface area contributed by atoms with E-state index in [-0.39, 0.29) is 17.5 Å². The van der Waals surface area contributed by atoms with E-state index in [4.69, 9.17) is 10.00 Å². The van der Waals surface area contributed by atoms with Crippen molar-refractivity contribution in [2.45, 2.75) is 6.92 Å². The Morgan fingerprint density at radius 3 is 2.83 bits per heavy atom. The van der Waals surface area contributed by atoms with E-state index in [2.05, 4.69) is 10.3 Å². The maximum Gasteiger partial charge on any atom is 0.193 e. The number of hydrogen-bond acceptors (Lipinski definition) is 4. The highest BCUT2D eigenvalue weighted by atomic mass is 32.2. The van der Waals surface area contributed by atoms with Gasteiger partial charge in [-0.1, -0.05) is 11.8 Å². The second kappa shape index (κ2) is 6.81. The second-order valence-corrected chi connectivity index (χ2v) is 3.80. The SMILES string of the molecule is CCOc1c(F)ccc(N=C(NC#N)SC)c1F. The lowest BCUT2D eigenvalue weighted by atomic mass is 10.2. The van der Waals surface area contributed by atoms with Crippen LogP contribution in [0.2, 0.25) is 0 Å². The van der Waals surface area contributed by atoms with Gasteiger partial charge in [-0.05, 0) is 25.3 Å². The average molecular weight is 271 g/mol. The summed E-state index contributed by atoms with van der Waals surface area (Å²) in [5.41, 5.74) is -0.0908. The Morgan fingerprint density at radius 2 is 2.28 bits per heavy atom. The molecular weight excluding hydrogens is 260 g/mol. The third-order valence-electron chi connectivity index (χ3n) is 1.90. The summed E-state index contributed by atoms with van der Waals surface area (Å²) < 4.78 is 32.0. The predicted octanol–water partition coefficient (Wildman–Crippen LogP) is 2.78. The molecule has 0 atom stereocenters. The molecule has 0 fully saturated rings. The Balaban J connectivity index is 3.18. The topological polar surface area (TPSA) is 57.4 Å². The zero-order valence-electron chi connectivity index (χ0n) is 9.83. The molecule has 96 valence electrons. The summed E-state index contributed by atoms with van der Waals surface area (Å²) in [6, 6.07) is 2.25. The standard InChI is InChI=1S/C11H11F2N3OS/c1-3-17-10-7(12)4-5-8(9(10)13)16-11(18-2)15-6-14/h4-5H,3H2,1-2H3,(H,15,16). The van der Waals surface area contributed by atoms with Gasteiger partial charge in [0, 0.05) is 0 Å². The number of ether oxygens (including phenoxy) is 1. The van der Waals surface area contributed by atoms with Gasteiger partial charge in [-0.2, -0.15) is 5.26 Å². The van der Waals surface area contributed by atoms with E-state index in [0.29, 0.717) is 0 Å². The largest absolute Gasteiger partial charge is 0.488 e. The van der Waals surface area contributed by atoms with E-state index in [1.54, 1.807) is 19.4 Å². The maximum atomic E-state index is 13.9. The zero-order valence-corrected chi connectivity index (χ0v) is 10.6. The van der Waals surface area contributed by atoms with Crippen molar-refractivity contribution < 1.29 is 13.5 Å². The Bertz CT molecular complexity index is 500. The van der Waals surface area contributed by atoms with Gasteiger partial charge in [0.25, 0.3) is 0 Å². The summed E-state index contributed by atoms with van der Waals surface area (Å²) in [5.74, 6) is -2.13. The minimum atomic E-state index is -0.886. The lowest BCUT2D eigenvalue weighted by molar-refractivity contribution is 0.303. The molecule has 4 nitrogen and oxygen atoms in total. The smallest absolute Gasteiger partial charge is 0.193 e. The number of hydrogen-bond donors (Lipinski definition) is 1. The van der Waals surface area contributed by atoms with Crippen LogP contribution in [0.5, 0.6) is 5.75 Å². The highest BCUT2D eigenvalue weighted by molar-refractivity contribution is 8.13. The number of rotatable bonds is 3. The molecule has 0 radical (unpaired) electrons. The summed E-state index contributed by atoms with van der Waals surface area (Å²) in [4.78, 5) is 3.87. The van der Waals surface area contributed by atoms with Crippen molar-refractivity contribution in [2.24, 2.45) is 4.99 Å². The van der Waals surface area contributed by atoms with Crippen LogP contribution < -0.4 is 10.1 Å². The summed E-state index contributed by atoms with van der Waals surface area (Å²) >= 11 is 1.14. The number of nitrogens with one attached hydrogen (secondary N) is 1. The fourth-order valence-corrected chi connectivity index (χ4v) is 1.50. The van der Waals surface area contributed by atoms with Crippen LogP contribution >= 0.6 is 11.8 Å². The normalized spacial score (nSPS) is 10.9. The van der Waals surface area contributed by atoms with Gasteiger partial charge in [-0.25, -0.2) is 13.8 Å². The molecule has 0 aliphatic heterocycles. The molecule has 1 aromatic carbocycles. The Hall–Kier alpha value is -1.81. The van der Waals surface area contributed by atoms with Crippen molar-refractivity contribution in [3.63, 3.8) is 0 Å². The van der Waals surface area contributed by atoms with E-state index >= 15 is 0 Å². The molecule has 18 heavy (non-hydrogen) atoms. The Kier molecular flexibility index (Phi) is 5.39. The van der Waals surface area contributed by atoms with Crippen LogP contribution in [0, 0.1) is 23.1 Å². The fourth-order valence-electron chi connectivity index (χ4n) is 1.17. The average Bonchev–Trinajstić information content (AvgIpc) is 2.37. The number of benzene rings is 1. The second-order valence-electron chi connectivity index (χ2n) is 3.00. The van der Waals surface area contributed by atoms with Gasteiger partial charge in [0.15, 0.2) is 28.7 Å². The molecule has 1 aromatic rings. The Morgan fingerprint density at radius 1 is 1.56 bits per heavy atom. The molecule has 0 aromatic heterocycles. The first-order valence-corrected chi connectivity index (χ1v) is 6.25. The van der Waals surface area contributed by atoms with Gasteiger partial charge < -0.3 is 4.74 Å². The third kappa shape index (κ3) is 3.34. The molecule has 0 unspecified atom stereocenters. The quantitative estimate of drug-likeness (QED) is 0.397. The van der Waals surface area contributed by atoms with E-state index in [1.807, 2.05) is 0 Å². The molecule has 0 heterocycles. The molecular formula is C11H11F2N3OS. The van der Waals surface area contributed by atoms with Crippen LogP contribution in [-0.4, -0.2) is 18.0 Å². The summed E-state index contributed by atoms with van der Waals surface area (Å²) in [6.07, 6.45) is 3.35. The van der Waals surface area contributed by atoms with Gasteiger partial charge in [0.2, 0.25) is 0 Å². The van der Waals surface area contributed by atoms with Gasteiger partial charge in [-0.15, -0.1) is 0 Å². The van der Waals surface area contributed by atoms with Crippen molar-refractivity contribution in [2.75, 3.05) is 12.9 Å². The van der Waals surface area contributed by atoms with Gasteiger partial charge in [0.1, 0.15) is 5.69 Å². The van der Waals surface area contributed by atoms with E-state index in [9.17, 15) is 8.78 Å². The molecule has 0 saturated carbocycles. The van der Waals surface area contributed by atoms with Crippen LogP contribution in [0.4, 0.5) is 14.5 Å². The molecule has 7 heteroatoms. The van der Waals surface area contributed by atoms with Crippen LogP contribution in [0.3, 0.4) is 0 Å². The first-order valence-electron chi connectivity index (χ1n) is 5.02. The Labute approximate surface area is 108 Å². The number of amidine groups is 1. The molecule has 1 rings (SSSR count). The number of nitrogens with zero attached hydrogens (tertiary/aromatic N) is 2. The van der Waals surface area contributed by atoms with Crippen molar-refractivity contribution in [3.05, 3.63) is 23.8 Å². The van der Waals surface area contributed by atoms with Crippen molar-refractivity contribution in [1.29, 1.82) is 5.26 Å². The van der Waals surface area contributed by atoms with E-state index in [0.717, 1.165) is 17.8 Å². The minimum absolute atomic E-state index is 0.0908. The lowest BCUT2D eigenvalue weighted by Crippen LogP contribution is -2.12. The first-order chi connectivity index (χ1) is 8.63. The maximum absolute atomic E-state index is 13.9. The summed E-state index contributed by atoms with van der Waals surface area (Å²) in [6.45, 7) is 1.77. The van der Waals surface area contributed by atoms with Crippen LogP contribution in [-0.2, 0) is 0 Å².